The highest BCUT2D eigenvalue weighted by Gasteiger charge is 2.37. The zero-order valence-corrected chi connectivity index (χ0v) is 9.77. The second-order valence-corrected chi connectivity index (χ2v) is 3.40. The number of nitro benzene ring substituents is 1. The van der Waals surface area contributed by atoms with Gasteiger partial charge in [0.05, 0.1) is 10.5 Å². The minimum Gasteiger partial charge on any atom is -0.270 e. The second-order valence-electron chi connectivity index (χ2n) is 3.40. The number of rotatable bonds is 3. The normalized spacial score (nSPS) is 10.2. The first-order valence-corrected chi connectivity index (χ1v) is 4.89. The molecule has 0 saturated carbocycles. The van der Waals surface area contributed by atoms with Crippen LogP contribution in [0.3, 0.4) is 0 Å². The highest BCUT2D eigenvalue weighted by molar-refractivity contribution is 6.10. The van der Waals surface area contributed by atoms with Crippen LogP contribution >= 0.6 is 0 Å². The van der Waals surface area contributed by atoms with Crippen molar-refractivity contribution in [3.05, 3.63) is 33.6 Å². The lowest BCUT2D eigenvalue weighted by atomic mass is 10.1. The first-order chi connectivity index (χ1) is 9.70. The molecular formula is C10H3F4N5O2. The van der Waals surface area contributed by atoms with E-state index in [0.29, 0.717) is 0 Å². The number of hydrogen-bond donors (Lipinski definition) is 1. The zero-order chi connectivity index (χ0) is 16.2. The van der Waals surface area contributed by atoms with Crippen molar-refractivity contribution in [2.45, 2.75) is 6.18 Å². The Hall–Kier alpha value is -3.21. The summed E-state index contributed by atoms with van der Waals surface area (Å²) in [6.45, 7) is 0. The van der Waals surface area contributed by atoms with Gasteiger partial charge >= 0.3 is 6.18 Å². The lowest BCUT2D eigenvalue weighted by Crippen LogP contribution is -2.10. The van der Waals surface area contributed by atoms with E-state index in [1.165, 1.54) is 12.1 Å². The predicted octanol–water partition coefficient (Wildman–Crippen LogP) is 2.57. The molecule has 0 fully saturated rings. The molecule has 0 amide bonds. The summed E-state index contributed by atoms with van der Waals surface area (Å²) < 4.78 is 50.7. The van der Waals surface area contributed by atoms with Gasteiger partial charge in [0.1, 0.15) is 23.6 Å². The molecule has 0 unspecified atom stereocenters. The fourth-order valence-corrected chi connectivity index (χ4v) is 1.21. The number of anilines is 1. The first kappa shape index (κ1) is 15.8. The molecule has 7 nitrogen and oxygen atoms in total. The van der Waals surface area contributed by atoms with Crippen molar-refractivity contribution in [3.63, 3.8) is 0 Å². The molecule has 0 bridgehead atoms. The molecule has 0 atom stereocenters. The molecule has 0 heterocycles. The van der Waals surface area contributed by atoms with Gasteiger partial charge in [0.2, 0.25) is 5.71 Å². The standard InChI is InChI=1S/C10H3F4N5O2/c11-7-2-8(18-17-5(3-15)4-16)9(19(20)21)1-6(7)10(12,13)14/h1-2,18H. The van der Waals surface area contributed by atoms with Crippen LogP contribution in [-0.2, 0) is 6.18 Å². The number of benzene rings is 1. The minimum absolute atomic E-state index is 0.00832. The van der Waals surface area contributed by atoms with E-state index in [9.17, 15) is 27.7 Å². The molecule has 11 heteroatoms. The summed E-state index contributed by atoms with van der Waals surface area (Å²) in [4.78, 5) is 9.50. The van der Waals surface area contributed by atoms with Crippen LogP contribution in [-0.4, -0.2) is 10.6 Å². The quantitative estimate of drug-likeness (QED) is 0.398. The molecule has 108 valence electrons. The Labute approximate surface area is 113 Å². The predicted molar refractivity (Wildman–Crippen MR) is 60.3 cm³/mol. The number of halogens is 4. The maximum absolute atomic E-state index is 13.3. The molecule has 1 rings (SSSR count). The SMILES string of the molecule is N#CC(C#N)=NNc1cc(F)c(C(F)(F)F)cc1[N+](=O)[O-]. The van der Waals surface area contributed by atoms with Gasteiger partial charge in [-0.3, -0.25) is 15.5 Å². The minimum atomic E-state index is -5.11. The van der Waals surface area contributed by atoms with Crippen molar-refractivity contribution in [2.75, 3.05) is 5.43 Å². The van der Waals surface area contributed by atoms with Gasteiger partial charge in [-0.1, -0.05) is 0 Å². The molecule has 0 spiro atoms. The van der Waals surface area contributed by atoms with E-state index in [1.807, 2.05) is 5.43 Å². The van der Waals surface area contributed by atoms with Gasteiger partial charge in [-0.15, -0.1) is 0 Å². The maximum atomic E-state index is 13.3. The number of nitrogens with zero attached hydrogens (tertiary/aromatic N) is 4. The molecule has 1 aromatic carbocycles. The fourth-order valence-electron chi connectivity index (χ4n) is 1.21. The smallest absolute Gasteiger partial charge is 0.270 e. The van der Waals surface area contributed by atoms with E-state index in [0.717, 1.165) is 0 Å². The first-order valence-electron chi connectivity index (χ1n) is 4.89. The number of hydrazone groups is 1. The number of nitrogens with one attached hydrogen (secondary N) is 1. The summed E-state index contributed by atoms with van der Waals surface area (Å²) in [5.74, 6) is -1.76. The van der Waals surface area contributed by atoms with Crippen molar-refractivity contribution >= 4 is 17.1 Å². The van der Waals surface area contributed by atoms with Gasteiger partial charge < -0.3 is 0 Å². The van der Waals surface area contributed by atoms with Gasteiger partial charge in [-0.2, -0.15) is 28.8 Å². The van der Waals surface area contributed by atoms with Gasteiger partial charge in [0.25, 0.3) is 5.69 Å². The highest BCUT2D eigenvalue weighted by atomic mass is 19.4. The van der Waals surface area contributed by atoms with Crippen molar-refractivity contribution in [1.29, 1.82) is 10.5 Å². The third kappa shape index (κ3) is 3.63. The number of alkyl halides is 3. The molecule has 0 saturated heterocycles. The molecule has 0 radical (unpaired) electrons. The van der Waals surface area contributed by atoms with Crippen LogP contribution in [0.25, 0.3) is 0 Å². The monoisotopic (exact) mass is 301 g/mol. The molecule has 0 aliphatic heterocycles. The van der Waals surface area contributed by atoms with Crippen molar-refractivity contribution in [1.82, 2.24) is 0 Å². The van der Waals surface area contributed by atoms with Gasteiger partial charge in [0, 0.05) is 12.1 Å². The van der Waals surface area contributed by atoms with E-state index >= 15 is 0 Å². The third-order valence-electron chi connectivity index (χ3n) is 2.09. The summed E-state index contributed by atoms with van der Waals surface area (Å²) in [7, 11) is 0. The van der Waals surface area contributed by atoms with Crippen LogP contribution in [0.5, 0.6) is 0 Å². The lowest BCUT2D eigenvalue weighted by Gasteiger charge is -2.09. The van der Waals surface area contributed by atoms with Gasteiger partial charge in [-0.25, -0.2) is 4.39 Å². The average Bonchev–Trinajstić information content (AvgIpc) is 2.38. The van der Waals surface area contributed by atoms with E-state index in [4.69, 9.17) is 10.5 Å². The third-order valence-corrected chi connectivity index (χ3v) is 2.09. The summed E-state index contributed by atoms with van der Waals surface area (Å²) in [6, 6.07) is 2.80. The van der Waals surface area contributed by atoms with E-state index < -0.39 is 39.6 Å². The van der Waals surface area contributed by atoms with Crippen LogP contribution in [0.2, 0.25) is 0 Å². The summed E-state index contributed by atoms with van der Waals surface area (Å²) in [5, 5.41) is 30.6. The Kier molecular flexibility index (Phi) is 4.40. The number of nitriles is 2. The summed E-state index contributed by atoms with van der Waals surface area (Å²) >= 11 is 0. The topological polar surface area (TPSA) is 115 Å². The number of nitro groups is 1. The molecule has 21 heavy (non-hydrogen) atoms. The van der Waals surface area contributed by atoms with Crippen LogP contribution in [0, 0.1) is 38.6 Å². The van der Waals surface area contributed by atoms with E-state index in [2.05, 4.69) is 5.10 Å². The Morgan fingerprint density at radius 1 is 1.33 bits per heavy atom. The summed E-state index contributed by atoms with van der Waals surface area (Å²) in [5.41, 5.74) is -2.59. The van der Waals surface area contributed by atoms with Crippen LogP contribution in [0.15, 0.2) is 17.2 Å². The molecule has 0 aromatic heterocycles. The van der Waals surface area contributed by atoms with Crippen LogP contribution in [0.4, 0.5) is 28.9 Å². The highest BCUT2D eigenvalue weighted by Crippen LogP contribution is 2.37. The van der Waals surface area contributed by atoms with Gasteiger partial charge in [0.15, 0.2) is 0 Å². The maximum Gasteiger partial charge on any atom is 0.419 e. The number of hydrogen-bond acceptors (Lipinski definition) is 6. The zero-order valence-electron chi connectivity index (χ0n) is 9.77. The van der Waals surface area contributed by atoms with Crippen molar-refractivity contribution in [3.8, 4) is 12.1 Å². The summed E-state index contributed by atoms with van der Waals surface area (Å²) in [6.07, 6.45) is -5.11. The Balaban J connectivity index is 3.39. The van der Waals surface area contributed by atoms with Gasteiger partial charge in [-0.05, 0) is 0 Å². The Morgan fingerprint density at radius 3 is 2.33 bits per heavy atom. The second kappa shape index (κ2) is 5.83. The van der Waals surface area contributed by atoms with Crippen molar-refractivity contribution in [2.24, 2.45) is 5.10 Å². The lowest BCUT2D eigenvalue weighted by molar-refractivity contribution is -0.384. The average molecular weight is 301 g/mol. The van der Waals surface area contributed by atoms with Crippen LogP contribution in [0.1, 0.15) is 5.56 Å². The Morgan fingerprint density at radius 2 is 1.90 bits per heavy atom. The van der Waals surface area contributed by atoms with E-state index in [1.54, 1.807) is 0 Å². The Bertz CT molecular complexity index is 683. The van der Waals surface area contributed by atoms with Crippen LogP contribution < -0.4 is 5.43 Å². The molecule has 0 aliphatic carbocycles. The molecule has 1 aromatic rings. The fraction of sp³-hybridized carbons (Fsp3) is 0.100. The van der Waals surface area contributed by atoms with E-state index in [-0.39, 0.29) is 12.1 Å². The molecule has 0 aliphatic rings. The van der Waals surface area contributed by atoms with Crippen molar-refractivity contribution < 1.29 is 22.5 Å². The molecule has 1 N–H and O–H groups in total. The molecular weight excluding hydrogens is 298 g/mol. The largest absolute Gasteiger partial charge is 0.419 e.